The van der Waals surface area contributed by atoms with E-state index in [9.17, 15) is 8.42 Å². The number of benzene rings is 2. The van der Waals surface area contributed by atoms with Crippen molar-refractivity contribution < 1.29 is 13.2 Å². The SMILES string of the molecule is CC1=C[C@H](C(C)C)N(S(=O)(=O)c2ccc(C)cc2)[C@H]1COCc1ccccc1. The van der Waals surface area contributed by atoms with Crippen molar-refractivity contribution in [3.05, 3.63) is 77.4 Å². The molecular weight excluding hydrogens is 370 g/mol. The Bertz CT molecular complexity index is 918. The zero-order valence-corrected chi connectivity index (χ0v) is 17.8. The third kappa shape index (κ3) is 4.37. The van der Waals surface area contributed by atoms with E-state index in [1.54, 1.807) is 16.4 Å². The first-order valence-electron chi connectivity index (χ1n) is 9.71. The first-order valence-corrected chi connectivity index (χ1v) is 11.1. The lowest BCUT2D eigenvalue weighted by molar-refractivity contribution is 0.0847. The largest absolute Gasteiger partial charge is 0.375 e. The molecule has 4 nitrogen and oxygen atoms in total. The van der Waals surface area contributed by atoms with Crippen molar-refractivity contribution in [3.63, 3.8) is 0 Å². The molecule has 0 saturated heterocycles. The van der Waals surface area contributed by atoms with Gasteiger partial charge in [0.1, 0.15) is 0 Å². The summed E-state index contributed by atoms with van der Waals surface area (Å²) in [6, 6.07) is 16.5. The van der Waals surface area contributed by atoms with Crippen molar-refractivity contribution >= 4 is 10.0 Å². The van der Waals surface area contributed by atoms with Gasteiger partial charge >= 0.3 is 0 Å². The number of nitrogens with zero attached hydrogens (tertiary/aromatic N) is 1. The van der Waals surface area contributed by atoms with Crippen molar-refractivity contribution in [1.29, 1.82) is 0 Å². The Hall–Kier alpha value is -1.95. The van der Waals surface area contributed by atoms with Crippen LogP contribution in [0.1, 0.15) is 31.9 Å². The molecule has 0 spiro atoms. The maximum absolute atomic E-state index is 13.5. The van der Waals surface area contributed by atoms with Crippen molar-refractivity contribution in [2.24, 2.45) is 5.92 Å². The van der Waals surface area contributed by atoms with E-state index in [1.807, 2.05) is 56.3 Å². The molecule has 0 N–H and O–H groups in total. The van der Waals surface area contributed by atoms with E-state index in [4.69, 9.17) is 4.74 Å². The Kier molecular flexibility index (Phi) is 6.38. The van der Waals surface area contributed by atoms with Crippen LogP contribution >= 0.6 is 0 Å². The van der Waals surface area contributed by atoms with Crippen molar-refractivity contribution in [2.45, 2.75) is 51.3 Å². The van der Waals surface area contributed by atoms with Crippen LogP contribution in [0.2, 0.25) is 0 Å². The highest BCUT2D eigenvalue weighted by molar-refractivity contribution is 7.89. The topological polar surface area (TPSA) is 46.6 Å². The molecule has 0 saturated carbocycles. The molecule has 1 aliphatic rings. The van der Waals surface area contributed by atoms with Gasteiger partial charge in [0.25, 0.3) is 0 Å². The molecule has 28 heavy (non-hydrogen) atoms. The molecule has 1 aliphatic heterocycles. The number of rotatable bonds is 7. The minimum absolute atomic E-state index is 0.170. The highest BCUT2D eigenvalue weighted by Gasteiger charge is 2.42. The summed E-state index contributed by atoms with van der Waals surface area (Å²) >= 11 is 0. The van der Waals surface area contributed by atoms with Gasteiger partial charge in [-0.15, -0.1) is 0 Å². The zero-order chi connectivity index (χ0) is 20.3. The Morgan fingerprint density at radius 2 is 1.64 bits per heavy atom. The number of aryl methyl sites for hydroxylation is 1. The van der Waals surface area contributed by atoms with Crippen molar-refractivity contribution in [3.8, 4) is 0 Å². The van der Waals surface area contributed by atoms with Crippen LogP contribution in [0.4, 0.5) is 0 Å². The second-order valence-electron chi connectivity index (χ2n) is 7.81. The van der Waals surface area contributed by atoms with Crippen LogP contribution in [-0.4, -0.2) is 31.4 Å². The average molecular weight is 400 g/mol. The molecule has 2 aromatic carbocycles. The lowest BCUT2D eigenvalue weighted by atomic mass is 10.1. The predicted molar refractivity (Wildman–Crippen MR) is 112 cm³/mol. The first-order chi connectivity index (χ1) is 13.3. The van der Waals surface area contributed by atoms with Crippen LogP contribution in [0.3, 0.4) is 0 Å². The Labute approximate surface area is 168 Å². The smallest absolute Gasteiger partial charge is 0.244 e. The van der Waals surface area contributed by atoms with Gasteiger partial charge in [0, 0.05) is 6.04 Å². The average Bonchev–Trinajstić information content (AvgIpc) is 3.01. The molecule has 0 bridgehead atoms. The van der Waals surface area contributed by atoms with E-state index in [2.05, 4.69) is 19.9 Å². The zero-order valence-electron chi connectivity index (χ0n) is 17.0. The monoisotopic (exact) mass is 399 g/mol. The standard InChI is InChI=1S/C23H29NO3S/c1-17(2)22-14-19(4)23(16-27-15-20-8-6-5-7-9-20)24(22)28(25,26)21-12-10-18(3)11-13-21/h5-14,17,22-23H,15-16H2,1-4H3/t22-,23+/m1/s1. The molecule has 2 aromatic rings. The van der Waals surface area contributed by atoms with E-state index in [0.29, 0.717) is 18.1 Å². The van der Waals surface area contributed by atoms with Crippen LogP contribution in [0.25, 0.3) is 0 Å². The molecule has 150 valence electrons. The predicted octanol–water partition coefficient (Wildman–Crippen LogP) is 4.56. The normalized spacial score (nSPS) is 20.5. The van der Waals surface area contributed by atoms with E-state index in [1.165, 1.54) is 0 Å². The molecule has 0 radical (unpaired) electrons. The molecule has 2 atom stereocenters. The molecular formula is C23H29NO3S. The van der Waals surface area contributed by atoms with E-state index >= 15 is 0 Å². The van der Waals surface area contributed by atoms with Gasteiger partial charge in [0.05, 0.1) is 24.2 Å². The molecule has 0 aliphatic carbocycles. The van der Waals surface area contributed by atoms with Gasteiger partial charge in [-0.3, -0.25) is 0 Å². The van der Waals surface area contributed by atoms with E-state index in [0.717, 1.165) is 16.7 Å². The molecule has 0 fully saturated rings. The Morgan fingerprint density at radius 3 is 2.25 bits per heavy atom. The van der Waals surface area contributed by atoms with Crippen molar-refractivity contribution in [2.75, 3.05) is 6.61 Å². The fraction of sp³-hybridized carbons (Fsp3) is 0.391. The van der Waals surface area contributed by atoms with Gasteiger partial charge in [0.15, 0.2) is 0 Å². The molecule has 1 heterocycles. The minimum Gasteiger partial charge on any atom is -0.375 e. The van der Waals surface area contributed by atoms with Crippen LogP contribution in [0, 0.1) is 12.8 Å². The molecule has 0 unspecified atom stereocenters. The van der Waals surface area contributed by atoms with Gasteiger partial charge in [-0.2, -0.15) is 4.31 Å². The van der Waals surface area contributed by atoms with Gasteiger partial charge in [0.2, 0.25) is 10.0 Å². The van der Waals surface area contributed by atoms with E-state index < -0.39 is 10.0 Å². The molecule has 3 rings (SSSR count). The summed E-state index contributed by atoms with van der Waals surface area (Å²) in [5, 5.41) is 0. The fourth-order valence-corrected chi connectivity index (χ4v) is 5.49. The maximum Gasteiger partial charge on any atom is 0.244 e. The highest BCUT2D eigenvalue weighted by Crippen LogP contribution is 2.34. The summed E-state index contributed by atoms with van der Waals surface area (Å²) in [6.45, 7) is 8.87. The molecule has 5 heteroatoms. The summed E-state index contributed by atoms with van der Waals surface area (Å²) in [6.07, 6.45) is 2.08. The number of hydrogen-bond acceptors (Lipinski definition) is 3. The van der Waals surface area contributed by atoms with Crippen LogP contribution < -0.4 is 0 Å². The van der Waals surface area contributed by atoms with Gasteiger partial charge in [-0.05, 0) is 37.5 Å². The summed E-state index contributed by atoms with van der Waals surface area (Å²) in [7, 11) is -3.63. The third-order valence-electron chi connectivity index (χ3n) is 5.23. The first kappa shape index (κ1) is 20.8. The Balaban J connectivity index is 1.84. The lowest BCUT2D eigenvalue weighted by Crippen LogP contribution is -2.46. The third-order valence-corrected chi connectivity index (χ3v) is 7.15. The Morgan fingerprint density at radius 1 is 1.00 bits per heavy atom. The minimum atomic E-state index is -3.63. The van der Waals surface area contributed by atoms with Crippen LogP contribution in [-0.2, 0) is 21.4 Å². The molecule has 0 aromatic heterocycles. The molecule has 0 amide bonds. The van der Waals surface area contributed by atoms with Gasteiger partial charge < -0.3 is 4.74 Å². The quantitative estimate of drug-likeness (QED) is 0.642. The van der Waals surface area contributed by atoms with Gasteiger partial charge in [-0.1, -0.05) is 73.5 Å². The second-order valence-corrected chi connectivity index (χ2v) is 9.65. The van der Waals surface area contributed by atoms with E-state index in [-0.39, 0.29) is 18.0 Å². The fourth-order valence-electron chi connectivity index (χ4n) is 3.58. The second kappa shape index (κ2) is 8.60. The summed E-state index contributed by atoms with van der Waals surface area (Å²) in [5.41, 5.74) is 3.16. The summed E-state index contributed by atoms with van der Waals surface area (Å²) < 4.78 is 34.6. The van der Waals surface area contributed by atoms with Crippen molar-refractivity contribution in [1.82, 2.24) is 4.31 Å². The summed E-state index contributed by atoms with van der Waals surface area (Å²) in [5.74, 6) is 0.175. The summed E-state index contributed by atoms with van der Waals surface area (Å²) in [4.78, 5) is 0.333. The highest BCUT2D eigenvalue weighted by atomic mass is 32.2. The van der Waals surface area contributed by atoms with Crippen LogP contribution in [0.5, 0.6) is 0 Å². The number of sulfonamides is 1. The number of ether oxygens (including phenoxy) is 1. The maximum atomic E-state index is 13.5. The van der Waals surface area contributed by atoms with Gasteiger partial charge in [-0.25, -0.2) is 8.42 Å². The number of hydrogen-bond donors (Lipinski definition) is 0. The van der Waals surface area contributed by atoms with Crippen LogP contribution in [0.15, 0.2) is 71.1 Å². The lowest BCUT2D eigenvalue weighted by Gasteiger charge is -2.32.